The molecule has 1 saturated carbocycles. The highest BCUT2D eigenvalue weighted by molar-refractivity contribution is 5.47. The van der Waals surface area contributed by atoms with Crippen molar-refractivity contribution in [3.63, 3.8) is 0 Å². The fourth-order valence-electron chi connectivity index (χ4n) is 2.96. The van der Waals surface area contributed by atoms with Crippen molar-refractivity contribution in [1.29, 1.82) is 0 Å². The van der Waals surface area contributed by atoms with Gasteiger partial charge in [0.15, 0.2) is 11.5 Å². The van der Waals surface area contributed by atoms with Crippen LogP contribution >= 0.6 is 0 Å². The van der Waals surface area contributed by atoms with Gasteiger partial charge < -0.3 is 14.8 Å². The van der Waals surface area contributed by atoms with E-state index in [1.165, 1.54) is 31.2 Å². The SMILES string of the molecule is CCCC1(CNCc2cccc3c2OCCO3)CC1. The van der Waals surface area contributed by atoms with Crippen molar-refractivity contribution in [3.05, 3.63) is 23.8 Å². The van der Waals surface area contributed by atoms with Crippen molar-refractivity contribution in [2.45, 2.75) is 39.2 Å². The molecule has 2 aliphatic rings. The number of para-hydroxylation sites is 1. The molecule has 3 heteroatoms. The van der Waals surface area contributed by atoms with Gasteiger partial charge in [-0.15, -0.1) is 0 Å². The molecule has 0 unspecified atom stereocenters. The molecule has 1 aliphatic heterocycles. The van der Waals surface area contributed by atoms with E-state index in [-0.39, 0.29) is 0 Å². The molecule has 0 amide bonds. The summed E-state index contributed by atoms with van der Waals surface area (Å²) in [5.74, 6) is 1.82. The zero-order valence-electron chi connectivity index (χ0n) is 11.7. The van der Waals surface area contributed by atoms with E-state index in [1.54, 1.807) is 0 Å². The standard InChI is InChI=1S/C16H23NO2/c1-2-6-16(7-8-16)12-17-11-13-4-3-5-14-15(13)19-10-9-18-14/h3-5,17H,2,6-12H2,1H3. The van der Waals surface area contributed by atoms with Crippen LogP contribution in [0.1, 0.15) is 38.2 Å². The minimum absolute atomic E-state index is 0.598. The normalized spacial score (nSPS) is 19.2. The van der Waals surface area contributed by atoms with Crippen molar-refractivity contribution in [2.75, 3.05) is 19.8 Å². The van der Waals surface area contributed by atoms with Gasteiger partial charge in [0.2, 0.25) is 0 Å². The van der Waals surface area contributed by atoms with Crippen molar-refractivity contribution in [1.82, 2.24) is 5.32 Å². The molecule has 0 aromatic heterocycles. The van der Waals surface area contributed by atoms with E-state index in [1.807, 2.05) is 12.1 Å². The molecule has 1 N–H and O–H groups in total. The molecular formula is C16H23NO2. The van der Waals surface area contributed by atoms with Gasteiger partial charge in [-0.3, -0.25) is 0 Å². The molecule has 0 radical (unpaired) electrons. The molecule has 3 nitrogen and oxygen atoms in total. The van der Waals surface area contributed by atoms with E-state index in [9.17, 15) is 0 Å². The van der Waals surface area contributed by atoms with Crippen LogP contribution < -0.4 is 14.8 Å². The van der Waals surface area contributed by atoms with E-state index >= 15 is 0 Å². The lowest BCUT2D eigenvalue weighted by molar-refractivity contribution is 0.169. The van der Waals surface area contributed by atoms with E-state index in [4.69, 9.17) is 9.47 Å². The summed E-state index contributed by atoms with van der Waals surface area (Å²) in [7, 11) is 0. The topological polar surface area (TPSA) is 30.5 Å². The molecule has 1 heterocycles. The van der Waals surface area contributed by atoms with Crippen molar-refractivity contribution < 1.29 is 9.47 Å². The lowest BCUT2D eigenvalue weighted by atomic mass is 10.0. The first-order valence-corrected chi connectivity index (χ1v) is 7.41. The Kier molecular flexibility index (Phi) is 3.65. The molecule has 3 rings (SSSR count). The fraction of sp³-hybridized carbons (Fsp3) is 0.625. The predicted molar refractivity (Wildman–Crippen MR) is 75.7 cm³/mol. The average molecular weight is 261 g/mol. The fourth-order valence-corrected chi connectivity index (χ4v) is 2.96. The second-order valence-corrected chi connectivity index (χ2v) is 5.79. The van der Waals surface area contributed by atoms with Crippen LogP contribution in [-0.2, 0) is 6.54 Å². The van der Waals surface area contributed by atoms with Crippen LogP contribution in [-0.4, -0.2) is 19.8 Å². The molecule has 19 heavy (non-hydrogen) atoms. The van der Waals surface area contributed by atoms with Gasteiger partial charge in [-0.05, 0) is 30.7 Å². The lowest BCUT2D eigenvalue weighted by Crippen LogP contribution is -2.24. The summed E-state index contributed by atoms with van der Waals surface area (Å²) >= 11 is 0. The summed E-state index contributed by atoms with van der Waals surface area (Å²) < 4.78 is 11.3. The summed E-state index contributed by atoms with van der Waals surface area (Å²) in [6.45, 7) is 5.59. The highest BCUT2D eigenvalue weighted by atomic mass is 16.6. The molecule has 1 aliphatic carbocycles. The van der Waals surface area contributed by atoms with E-state index in [0.29, 0.717) is 18.6 Å². The Morgan fingerprint density at radius 2 is 2.05 bits per heavy atom. The number of hydrogen-bond acceptors (Lipinski definition) is 3. The highest BCUT2D eigenvalue weighted by Crippen LogP contribution is 2.49. The first kappa shape index (κ1) is 12.8. The Hall–Kier alpha value is -1.22. The highest BCUT2D eigenvalue weighted by Gasteiger charge is 2.40. The minimum atomic E-state index is 0.598. The zero-order chi connectivity index (χ0) is 13.1. The Morgan fingerprint density at radius 3 is 2.84 bits per heavy atom. The first-order valence-electron chi connectivity index (χ1n) is 7.41. The third kappa shape index (κ3) is 2.86. The number of nitrogens with one attached hydrogen (secondary N) is 1. The Balaban J connectivity index is 1.58. The van der Waals surface area contributed by atoms with E-state index < -0.39 is 0 Å². The van der Waals surface area contributed by atoms with Gasteiger partial charge in [-0.1, -0.05) is 25.5 Å². The minimum Gasteiger partial charge on any atom is -0.486 e. The molecule has 104 valence electrons. The molecule has 0 atom stereocenters. The summed E-state index contributed by atoms with van der Waals surface area (Å²) in [5, 5.41) is 3.60. The predicted octanol–water partition coefficient (Wildman–Crippen LogP) is 3.13. The number of fused-ring (bicyclic) bond motifs is 1. The molecule has 0 saturated heterocycles. The summed E-state index contributed by atoms with van der Waals surface area (Å²) in [6.07, 6.45) is 5.42. The number of rotatable bonds is 6. The van der Waals surface area contributed by atoms with Crippen LogP contribution in [0.5, 0.6) is 11.5 Å². The molecule has 0 spiro atoms. The van der Waals surface area contributed by atoms with Crippen LogP contribution in [0.2, 0.25) is 0 Å². The van der Waals surface area contributed by atoms with Gasteiger partial charge in [-0.25, -0.2) is 0 Å². The summed E-state index contributed by atoms with van der Waals surface area (Å²) in [5.41, 5.74) is 1.81. The zero-order valence-corrected chi connectivity index (χ0v) is 11.7. The largest absolute Gasteiger partial charge is 0.486 e. The van der Waals surface area contributed by atoms with E-state index in [2.05, 4.69) is 18.3 Å². The second kappa shape index (κ2) is 5.41. The van der Waals surface area contributed by atoms with Gasteiger partial charge in [0.05, 0.1) is 0 Å². The maximum atomic E-state index is 5.74. The third-order valence-corrected chi connectivity index (χ3v) is 4.20. The Labute approximate surface area is 115 Å². The van der Waals surface area contributed by atoms with Crippen molar-refractivity contribution in [2.24, 2.45) is 5.41 Å². The quantitative estimate of drug-likeness (QED) is 0.853. The summed E-state index contributed by atoms with van der Waals surface area (Å²) in [6, 6.07) is 6.15. The van der Waals surface area contributed by atoms with Gasteiger partial charge >= 0.3 is 0 Å². The van der Waals surface area contributed by atoms with Crippen LogP contribution in [0, 0.1) is 5.41 Å². The maximum Gasteiger partial charge on any atom is 0.165 e. The molecular weight excluding hydrogens is 238 g/mol. The van der Waals surface area contributed by atoms with Gasteiger partial charge in [0.1, 0.15) is 13.2 Å². The van der Waals surface area contributed by atoms with Crippen LogP contribution in [0.25, 0.3) is 0 Å². The van der Waals surface area contributed by atoms with Crippen LogP contribution in [0.3, 0.4) is 0 Å². The third-order valence-electron chi connectivity index (χ3n) is 4.20. The van der Waals surface area contributed by atoms with Crippen molar-refractivity contribution in [3.8, 4) is 11.5 Å². The van der Waals surface area contributed by atoms with Gasteiger partial charge in [0, 0.05) is 18.7 Å². The Morgan fingerprint density at radius 1 is 1.21 bits per heavy atom. The molecule has 1 aromatic rings. The Bertz CT molecular complexity index is 440. The smallest absolute Gasteiger partial charge is 0.165 e. The van der Waals surface area contributed by atoms with Crippen molar-refractivity contribution >= 4 is 0 Å². The van der Waals surface area contributed by atoms with Crippen LogP contribution in [0.15, 0.2) is 18.2 Å². The molecule has 0 bridgehead atoms. The number of hydrogen-bond donors (Lipinski definition) is 1. The van der Waals surface area contributed by atoms with E-state index in [0.717, 1.165) is 24.6 Å². The number of ether oxygens (including phenoxy) is 2. The summed E-state index contributed by atoms with van der Waals surface area (Å²) in [4.78, 5) is 0. The monoisotopic (exact) mass is 261 g/mol. The average Bonchev–Trinajstić information content (AvgIpc) is 3.19. The van der Waals surface area contributed by atoms with Gasteiger partial charge in [0.25, 0.3) is 0 Å². The van der Waals surface area contributed by atoms with Crippen LogP contribution in [0.4, 0.5) is 0 Å². The first-order chi connectivity index (χ1) is 9.33. The molecule has 1 aromatic carbocycles. The maximum absolute atomic E-state index is 5.74. The van der Waals surface area contributed by atoms with Gasteiger partial charge in [-0.2, -0.15) is 0 Å². The molecule has 1 fully saturated rings. The lowest BCUT2D eigenvalue weighted by Gasteiger charge is -2.22. The second-order valence-electron chi connectivity index (χ2n) is 5.79. The number of benzene rings is 1.